The van der Waals surface area contributed by atoms with E-state index in [-0.39, 0.29) is 44.1 Å². The van der Waals surface area contributed by atoms with Gasteiger partial charge >= 0.3 is 12.0 Å². The lowest BCUT2D eigenvalue weighted by atomic mass is 9.97. The van der Waals surface area contributed by atoms with Gasteiger partial charge in [0, 0.05) is 19.4 Å². The van der Waals surface area contributed by atoms with Crippen LogP contribution in [0.25, 0.3) is 0 Å². The zero-order valence-electron chi connectivity index (χ0n) is 20.9. The molecule has 0 aromatic carbocycles. The highest BCUT2D eigenvalue weighted by Gasteiger charge is 2.45. The number of carbonyl (C=O) groups excluding carboxylic acids is 5. The molecule has 37 heavy (non-hydrogen) atoms. The molecule has 0 fully saturated rings. The number of hydrogen-bond donors (Lipinski definition) is 9. The molecule has 16 nitrogen and oxygen atoms in total. The summed E-state index contributed by atoms with van der Waals surface area (Å²) in [6, 6.07) is -6.46. The fraction of sp³-hybridized carbons (Fsp3) is 0.667. The van der Waals surface area contributed by atoms with E-state index in [0.29, 0.717) is 6.29 Å². The van der Waals surface area contributed by atoms with Gasteiger partial charge < -0.3 is 53.1 Å². The number of primary amides is 1. The number of urea groups is 1. The molecule has 208 valence electrons. The minimum absolute atomic E-state index is 0.0179. The predicted molar refractivity (Wildman–Crippen MR) is 130 cm³/mol. The van der Waals surface area contributed by atoms with Crippen molar-refractivity contribution in [1.82, 2.24) is 26.6 Å². The summed E-state index contributed by atoms with van der Waals surface area (Å²) < 4.78 is 0. The summed E-state index contributed by atoms with van der Waals surface area (Å²) in [4.78, 5) is 76.2. The van der Waals surface area contributed by atoms with Crippen molar-refractivity contribution in [2.24, 2.45) is 22.4 Å². The van der Waals surface area contributed by atoms with Crippen LogP contribution in [0.2, 0.25) is 0 Å². The zero-order valence-corrected chi connectivity index (χ0v) is 20.9. The molecular formula is C21H36N8O8. The fourth-order valence-electron chi connectivity index (χ4n) is 3.48. The summed E-state index contributed by atoms with van der Waals surface area (Å²) in [5.74, 6) is -4.25. The molecule has 3 unspecified atom stereocenters. The van der Waals surface area contributed by atoms with Crippen LogP contribution in [0, 0.1) is 5.92 Å². The number of aldehydes is 1. The number of carbonyl (C=O) groups is 6. The maximum absolute atomic E-state index is 13.3. The summed E-state index contributed by atoms with van der Waals surface area (Å²) in [5.41, 5.74) is 8.63. The second-order valence-corrected chi connectivity index (χ2v) is 9.14. The first-order valence-electron chi connectivity index (χ1n) is 11.6. The monoisotopic (exact) mass is 528 g/mol. The molecule has 1 heterocycles. The topological polar surface area (TPSA) is 267 Å². The van der Waals surface area contributed by atoms with Crippen LogP contribution in [0.5, 0.6) is 0 Å². The first kappa shape index (κ1) is 31.1. The maximum atomic E-state index is 13.3. The first-order valence-corrected chi connectivity index (χ1v) is 11.6. The van der Waals surface area contributed by atoms with Crippen molar-refractivity contribution >= 4 is 42.0 Å². The van der Waals surface area contributed by atoms with Crippen LogP contribution in [-0.2, 0) is 24.0 Å². The Morgan fingerprint density at radius 1 is 1.08 bits per heavy atom. The number of hydrogen-bond acceptors (Lipinski definition) is 10. The van der Waals surface area contributed by atoms with E-state index in [1.165, 1.54) is 6.92 Å². The van der Waals surface area contributed by atoms with Crippen molar-refractivity contribution in [2.75, 3.05) is 6.54 Å². The number of guanidine groups is 1. The van der Waals surface area contributed by atoms with Crippen molar-refractivity contribution in [3.05, 3.63) is 0 Å². The molecule has 5 atom stereocenters. The minimum Gasteiger partial charge on any atom is -0.480 e. The summed E-state index contributed by atoms with van der Waals surface area (Å²) in [5, 5.41) is 32.1. The van der Waals surface area contributed by atoms with Gasteiger partial charge in [0.2, 0.25) is 17.7 Å². The van der Waals surface area contributed by atoms with Crippen LogP contribution in [0.4, 0.5) is 4.79 Å². The van der Waals surface area contributed by atoms with Crippen molar-refractivity contribution in [2.45, 2.75) is 76.3 Å². The van der Waals surface area contributed by atoms with E-state index in [1.807, 2.05) is 0 Å². The number of aliphatic imine (C=N–C) groups is 1. The molecule has 0 aromatic rings. The lowest BCUT2D eigenvalue weighted by molar-refractivity contribution is -0.139. The van der Waals surface area contributed by atoms with Gasteiger partial charge in [0.25, 0.3) is 0 Å². The average Bonchev–Trinajstić information content (AvgIpc) is 2.78. The van der Waals surface area contributed by atoms with E-state index < -0.39 is 59.6 Å². The molecule has 5 amide bonds. The summed E-state index contributed by atoms with van der Waals surface area (Å²) >= 11 is 0. The van der Waals surface area contributed by atoms with Gasteiger partial charge in [-0.25, -0.2) is 9.59 Å². The number of nitrogens with two attached hydrogens (primary N) is 2. The Labute approximate surface area is 213 Å². The molecule has 0 radical (unpaired) electrons. The molecular weight excluding hydrogens is 492 g/mol. The van der Waals surface area contributed by atoms with E-state index in [2.05, 4.69) is 31.6 Å². The number of aliphatic carboxylic acids is 1. The number of aliphatic hydroxyl groups is 1. The van der Waals surface area contributed by atoms with Crippen LogP contribution in [-0.4, -0.2) is 88.6 Å². The van der Waals surface area contributed by atoms with E-state index in [1.54, 1.807) is 13.8 Å². The number of nitrogens with zero attached hydrogens (tertiary/aromatic N) is 1. The summed E-state index contributed by atoms with van der Waals surface area (Å²) in [6.45, 7) is 4.88. The molecule has 0 aliphatic carbocycles. The van der Waals surface area contributed by atoms with E-state index in [9.17, 15) is 39.0 Å². The van der Waals surface area contributed by atoms with E-state index >= 15 is 0 Å². The standard InChI is InChI=1S/C21H36N8O8/c1-10(2)8-13(18(34)35)27-20(36)28-15(21(37)6-7-24-19(23)29-21)17(33)26-12(4-5-14(22)31)16(32)25-11(3)9-30/h9-13,15,37H,4-8H2,1-3H3,(H2,22,31)(H,25,32)(H,26,33)(H,34,35)(H3,23,24,29)(H2,27,28,36)/t11?,12-,13-,15?,21?/m0/s1. The van der Waals surface area contributed by atoms with Crippen LogP contribution < -0.4 is 38.1 Å². The molecule has 16 heteroatoms. The Morgan fingerprint density at radius 3 is 2.24 bits per heavy atom. The third-order valence-corrected chi connectivity index (χ3v) is 5.33. The second kappa shape index (κ2) is 14.0. The number of nitrogens with one attached hydrogen (secondary N) is 5. The van der Waals surface area contributed by atoms with Gasteiger partial charge in [-0.1, -0.05) is 13.8 Å². The third kappa shape index (κ3) is 10.3. The van der Waals surface area contributed by atoms with E-state index in [0.717, 1.165) is 0 Å². The highest BCUT2D eigenvalue weighted by Crippen LogP contribution is 2.17. The van der Waals surface area contributed by atoms with Gasteiger partial charge in [-0.15, -0.1) is 0 Å². The smallest absolute Gasteiger partial charge is 0.326 e. The normalized spacial score (nSPS) is 20.2. The number of carboxylic acids is 1. The molecule has 0 spiro atoms. The average molecular weight is 529 g/mol. The number of rotatable bonds is 14. The van der Waals surface area contributed by atoms with Gasteiger partial charge in [-0.05, 0) is 25.7 Å². The molecule has 0 bridgehead atoms. The van der Waals surface area contributed by atoms with Crippen molar-refractivity contribution < 1.29 is 39.0 Å². The van der Waals surface area contributed by atoms with E-state index in [4.69, 9.17) is 11.5 Å². The molecule has 11 N–H and O–H groups in total. The van der Waals surface area contributed by atoms with Crippen molar-refractivity contribution in [3.8, 4) is 0 Å². The minimum atomic E-state index is -2.18. The predicted octanol–water partition coefficient (Wildman–Crippen LogP) is -3.40. The molecule has 1 aliphatic heterocycles. The quantitative estimate of drug-likeness (QED) is 0.101. The van der Waals surface area contributed by atoms with Gasteiger partial charge in [-0.3, -0.25) is 19.4 Å². The molecule has 1 rings (SSSR count). The Kier molecular flexibility index (Phi) is 11.7. The maximum Gasteiger partial charge on any atom is 0.326 e. The third-order valence-electron chi connectivity index (χ3n) is 5.33. The Balaban J connectivity index is 3.21. The second-order valence-electron chi connectivity index (χ2n) is 9.14. The largest absolute Gasteiger partial charge is 0.480 e. The number of amides is 5. The van der Waals surface area contributed by atoms with Crippen LogP contribution in [0.1, 0.15) is 46.5 Å². The zero-order chi connectivity index (χ0) is 28.3. The highest BCUT2D eigenvalue weighted by atomic mass is 16.4. The Bertz CT molecular complexity index is 911. The first-order chi connectivity index (χ1) is 17.2. The summed E-state index contributed by atoms with van der Waals surface area (Å²) in [6.07, 6.45) is -0.203. The van der Waals surface area contributed by atoms with Gasteiger partial charge in [0.1, 0.15) is 18.4 Å². The molecule has 0 aromatic heterocycles. The summed E-state index contributed by atoms with van der Waals surface area (Å²) in [7, 11) is 0. The molecule has 0 saturated heterocycles. The van der Waals surface area contributed by atoms with Gasteiger partial charge in [0.15, 0.2) is 17.7 Å². The van der Waals surface area contributed by atoms with Gasteiger partial charge in [-0.2, -0.15) is 0 Å². The highest BCUT2D eigenvalue weighted by molar-refractivity contribution is 5.94. The lowest BCUT2D eigenvalue weighted by Crippen LogP contribution is -2.71. The van der Waals surface area contributed by atoms with Crippen molar-refractivity contribution in [3.63, 3.8) is 0 Å². The number of carboxylic acid groups (broad SMARTS) is 1. The lowest BCUT2D eigenvalue weighted by Gasteiger charge is -2.39. The molecule has 0 saturated carbocycles. The van der Waals surface area contributed by atoms with Crippen LogP contribution in [0.15, 0.2) is 4.99 Å². The molecule has 1 aliphatic rings. The fourth-order valence-corrected chi connectivity index (χ4v) is 3.48. The Hall–Kier alpha value is -3.95. The van der Waals surface area contributed by atoms with Gasteiger partial charge in [0.05, 0.1) is 6.04 Å². The SMILES string of the molecule is CC(C)C[C@H](NC(=O)NC(C(=O)N[C@@H](CCC(N)=O)C(=O)NC(C)C=O)C1(O)CCN=C(N)N1)C(=O)O. The Morgan fingerprint density at radius 2 is 1.73 bits per heavy atom. The van der Waals surface area contributed by atoms with Crippen molar-refractivity contribution in [1.29, 1.82) is 0 Å². The van der Waals surface area contributed by atoms with Crippen LogP contribution in [0.3, 0.4) is 0 Å². The van der Waals surface area contributed by atoms with Crippen LogP contribution >= 0.6 is 0 Å².